The van der Waals surface area contributed by atoms with E-state index in [2.05, 4.69) is 26.5 Å². The number of methoxy groups -OCH3 is 2. The molecule has 0 spiro atoms. The van der Waals surface area contributed by atoms with Crippen molar-refractivity contribution in [1.82, 2.24) is 5.43 Å². The maximum absolute atomic E-state index is 11.9. The summed E-state index contributed by atoms with van der Waals surface area (Å²) in [6.07, 6.45) is 1.53. The van der Waals surface area contributed by atoms with Gasteiger partial charge in [-0.05, 0) is 40.2 Å². The van der Waals surface area contributed by atoms with Crippen LogP contribution in [0.2, 0.25) is 0 Å². The zero-order valence-corrected chi connectivity index (χ0v) is 13.8. The summed E-state index contributed by atoms with van der Waals surface area (Å²) in [5.74, 6) is 0.926. The highest BCUT2D eigenvalue weighted by atomic mass is 79.9. The van der Waals surface area contributed by atoms with Crippen LogP contribution in [0.25, 0.3) is 0 Å². The fourth-order valence-corrected chi connectivity index (χ4v) is 2.21. The normalized spacial score (nSPS) is 10.5. The van der Waals surface area contributed by atoms with Crippen LogP contribution >= 0.6 is 15.9 Å². The van der Waals surface area contributed by atoms with Crippen LogP contribution in [0.1, 0.15) is 15.9 Å². The van der Waals surface area contributed by atoms with Crippen LogP contribution in [0.4, 0.5) is 0 Å². The van der Waals surface area contributed by atoms with Gasteiger partial charge >= 0.3 is 0 Å². The second-order valence-electron chi connectivity index (χ2n) is 4.29. The van der Waals surface area contributed by atoms with Gasteiger partial charge in [-0.2, -0.15) is 5.10 Å². The van der Waals surface area contributed by atoms with E-state index in [1.54, 1.807) is 50.6 Å². The first kappa shape index (κ1) is 16.0. The average molecular weight is 363 g/mol. The number of carbonyl (C=O) groups excluding carboxylic acids is 1. The number of amides is 1. The third-order valence-electron chi connectivity index (χ3n) is 2.91. The summed E-state index contributed by atoms with van der Waals surface area (Å²) in [5, 5.41) is 3.96. The molecule has 0 radical (unpaired) electrons. The lowest BCUT2D eigenvalue weighted by molar-refractivity contribution is 0.0955. The molecule has 0 aliphatic carbocycles. The Morgan fingerprint density at radius 1 is 1.14 bits per heavy atom. The maximum Gasteiger partial charge on any atom is 0.271 e. The number of hydrogen-bond acceptors (Lipinski definition) is 4. The number of rotatable bonds is 5. The molecule has 2 rings (SSSR count). The molecule has 1 N–H and O–H groups in total. The van der Waals surface area contributed by atoms with Gasteiger partial charge < -0.3 is 9.47 Å². The largest absolute Gasteiger partial charge is 0.493 e. The lowest BCUT2D eigenvalue weighted by Gasteiger charge is -2.09. The lowest BCUT2D eigenvalue weighted by atomic mass is 10.2. The smallest absolute Gasteiger partial charge is 0.271 e. The van der Waals surface area contributed by atoms with E-state index < -0.39 is 0 Å². The highest BCUT2D eigenvalue weighted by Crippen LogP contribution is 2.32. The standard InChI is InChI=1S/C16H15BrN2O3/c1-21-14-8-12(13(17)9-15(14)22-2)10-18-19-16(20)11-6-4-3-5-7-11/h3-10H,1-2H3,(H,19,20)/b18-10+. The number of benzene rings is 2. The predicted molar refractivity (Wildman–Crippen MR) is 88.7 cm³/mol. The number of hydrogen-bond donors (Lipinski definition) is 1. The van der Waals surface area contributed by atoms with Crippen LogP contribution in [0.3, 0.4) is 0 Å². The number of nitrogens with one attached hydrogen (secondary N) is 1. The van der Waals surface area contributed by atoms with Crippen LogP contribution < -0.4 is 14.9 Å². The zero-order chi connectivity index (χ0) is 15.9. The minimum Gasteiger partial charge on any atom is -0.493 e. The van der Waals surface area contributed by atoms with E-state index in [4.69, 9.17) is 9.47 Å². The van der Waals surface area contributed by atoms with Crippen LogP contribution in [0.15, 0.2) is 52.0 Å². The van der Waals surface area contributed by atoms with E-state index in [0.717, 1.165) is 10.0 Å². The molecule has 0 aromatic heterocycles. The molecule has 0 fully saturated rings. The van der Waals surface area contributed by atoms with E-state index in [-0.39, 0.29) is 5.91 Å². The van der Waals surface area contributed by atoms with Gasteiger partial charge in [0.05, 0.1) is 20.4 Å². The van der Waals surface area contributed by atoms with Crippen molar-refractivity contribution in [3.63, 3.8) is 0 Å². The summed E-state index contributed by atoms with van der Waals surface area (Å²) in [6.45, 7) is 0. The lowest BCUT2D eigenvalue weighted by Crippen LogP contribution is -2.17. The molecule has 0 saturated heterocycles. The second-order valence-corrected chi connectivity index (χ2v) is 5.15. The van der Waals surface area contributed by atoms with Crippen molar-refractivity contribution < 1.29 is 14.3 Å². The summed E-state index contributed by atoms with van der Waals surface area (Å²) in [4.78, 5) is 11.9. The molecule has 5 nitrogen and oxygen atoms in total. The van der Waals surface area contributed by atoms with Crippen molar-refractivity contribution in [3.8, 4) is 11.5 Å². The molecule has 0 heterocycles. The predicted octanol–water partition coefficient (Wildman–Crippen LogP) is 3.23. The molecule has 0 aliphatic rings. The monoisotopic (exact) mass is 362 g/mol. The van der Waals surface area contributed by atoms with Crippen molar-refractivity contribution in [2.45, 2.75) is 0 Å². The van der Waals surface area contributed by atoms with Gasteiger partial charge in [-0.3, -0.25) is 4.79 Å². The molecule has 0 aliphatic heterocycles. The van der Waals surface area contributed by atoms with Crippen LogP contribution in [-0.4, -0.2) is 26.3 Å². The van der Waals surface area contributed by atoms with E-state index in [9.17, 15) is 4.79 Å². The highest BCUT2D eigenvalue weighted by molar-refractivity contribution is 9.10. The van der Waals surface area contributed by atoms with E-state index in [1.807, 2.05) is 6.07 Å². The second kappa shape index (κ2) is 7.61. The summed E-state index contributed by atoms with van der Waals surface area (Å²) >= 11 is 3.42. The molecular formula is C16H15BrN2O3. The minimum absolute atomic E-state index is 0.270. The average Bonchev–Trinajstić information content (AvgIpc) is 2.56. The molecule has 0 unspecified atom stereocenters. The molecule has 2 aromatic rings. The first-order valence-electron chi connectivity index (χ1n) is 6.45. The summed E-state index contributed by atoms with van der Waals surface area (Å²) < 4.78 is 11.2. The highest BCUT2D eigenvalue weighted by Gasteiger charge is 2.08. The Hall–Kier alpha value is -2.34. The Kier molecular flexibility index (Phi) is 5.55. The molecule has 2 aromatic carbocycles. The van der Waals surface area contributed by atoms with Gasteiger partial charge in [-0.25, -0.2) is 5.43 Å². The van der Waals surface area contributed by atoms with Crippen molar-refractivity contribution >= 4 is 28.1 Å². The van der Waals surface area contributed by atoms with Crippen LogP contribution in [-0.2, 0) is 0 Å². The Morgan fingerprint density at radius 2 is 1.77 bits per heavy atom. The fraction of sp³-hybridized carbons (Fsp3) is 0.125. The third-order valence-corrected chi connectivity index (χ3v) is 3.60. The fourth-order valence-electron chi connectivity index (χ4n) is 1.78. The first-order chi connectivity index (χ1) is 10.7. The number of nitrogens with zero attached hydrogens (tertiary/aromatic N) is 1. The van der Waals surface area contributed by atoms with E-state index in [1.165, 1.54) is 6.21 Å². The van der Waals surface area contributed by atoms with Gasteiger partial charge in [-0.1, -0.05) is 18.2 Å². The SMILES string of the molecule is COc1cc(Br)c(/C=N/NC(=O)c2ccccc2)cc1OC. The summed E-state index contributed by atoms with van der Waals surface area (Å²) in [7, 11) is 3.13. The summed E-state index contributed by atoms with van der Waals surface area (Å²) in [5.41, 5.74) is 3.78. The molecule has 0 bridgehead atoms. The van der Waals surface area contributed by atoms with Gasteiger partial charge in [-0.15, -0.1) is 0 Å². The van der Waals surface area contributed by atoms with Gasteiger partial charge in [0.25, 0.3) is 5.91 Å². The molecule has 114 valence electrons. The summed E-state index contributed by atoms with van der Waals surface area (Å²) in [6, 6.07) is 12.4. The third kappa shape index (κ3) is 3.85. The number of halogens is 1. The topological polar surface area (TPSA) is 59.9 Å². The molecule has 1 amide bonds. The van der Waals surface area contributed by atoms with Crippen molar-refractivity contribution in [1.29, 1.82) is 0 Å². The Bertz CT molecular complexity index is 687. The van der Waals surface area contributed by atoms with Gasteiger partial charge in [0.2, 0.25) is 0 Å². The van der Waals surface area contributed by atoms with Crippen molar-refractivity contribution in [3.05, 3.63) is 58.1 Å². The van der Waals surface area contributed by atoms with E-state index >= 15 is 0 Å². The van der Waals surface area contributed by atoms with Crippen LogP contribution in [0.5, 0.6) is 11.5 Å². The maximum atomic E-state index is 11.9. The quantitative estimate of drug-likeness (QED) is 0.656. The first-order valence-corrected chi connectivity index (χ1v) is 7.25. The van der Waals surface area contributed by atoms with Gasteiger partial charge in [0.15, 0.2) is 11.5 Å². The molecular weight excluding hydrogens is 348 g/mol. The van der Waals surface area contributed by atoms with Gasteiger partial charge in [0, 0.05) is 15.6 Å². The minimum atomic E-state index is -0.270. The van der Waals surface area contributed by atoms with E-state index in [0.29, 0.717) is 17.1 Å². The number of carbonyl (C=O) groups is 1. The van der Waals surface area contributed by atoms with Crippen molar-refractivity contribution in [2.24, 2.45) is 5.10 Å². The number of ether oxygens (including phenoxy) is 2. The molecule has 0 saturated carbocycles. The number of hydrazone groups is 1. The Labute approximate surface area is 137 Å². The Balaban J connectivity index is 2.12. The Morgan fingerprint density at radius 3 is 2.41 bits per heavy atom. The zero-order valence-electron chi connectivity index (χ0n) is 12.2. The molecule has 0 atom stereocenters. The molecule has 22 heavy (non-hydrogen) atoms. The van der Waals surface area contributed by atoms with Crippen LogP contribution in [0, 0.1) is 0 Å². The molecule has 6 heteroatoms. The van der Waals surface area contributed by atoms with Crippen molar-refractivity contribution in [2.75, 3.05) is 14.2 Å². The van der Waals surface area contributed by atoms with Gasteiger partial charge in [0.1, 0.15) is 0 Å².